The van der Waals surface area contributed by atoms with Gasteiger partial charge in [-0.15, -0.1) is 0 Å². The highest BCUT2D eigenvalue weighted by Gasteiger charge is 2.10. The molecule has 0 atom stereocenters. The molecule has 1 N–H and O–H groups in total. The zero-order valence-electron chi connectivity index (χ0n) is 14.4. The van der Waals surface area contributed by atoms with Crippen LogP contribution in [-0.4, -0.2) is 22.7 Å². The molecule has 0 saturated carbocycles. The molecule has 0 saturated heterocycles. The van der Waals surface area contributed by atoms with Gasteiger partial charge >= 0.3 is 5.97 Å². The van der Waals surface area contributed by atoms with Gasteiger partial charge in [-0.3, -0.25) is 0 Å². The van der Waals surface area contributed by atoms with Gasteiger partial charge < -0.3 is 14.6 Å². The highest BCUT2D eigenvalue weighted by Crippen LogP contribution is 2.27. The molecule has 0 aliphatic rings. The lowest BCUT2D eigenvalue weighted by Gasteiger charge is -2.09. The number of pyridine rings is 1. The molecule has 0 aliphatic heterocycles. The van der Waals surface area contributed by atoms with E-state index < -0.39 is 5.97 Å². The van der Waals surface area contributed by atoms with Crippen molar-refractivity contribution in [2.45, 2.75) is 13.5 Å². The van der Waals surface area contributed by atoms with Crippen LogP contribution in [0.15, 0.2) is 66.9 Å². The standard InChI is InChI=1S/C21H19NO4/c1-2-25-19-11-17(10-18(12-19)21(23)24)16-8-9-20(22-13-16)26-14-15-6-4-3-5-7-15/h3-13H,2,14H2,1H3,(H,23,24). The van der Waals surface area contributed by atoms with E-state index >= 15 is 0 Å². The highest BCUT2D eigenvalue weighted by molar-refractivity contribution is 5.90. The van der Waals surface area contributed by atoms with Crippen molar-refractivity contribution in [2.24, 2.45) is 0 Å². The minimum absolute atomic E-state index is 0.176. The average molecular weight is 349 g/mol. The van der Waals surface area contributed by atoms with Crippen LogP contribution >= 0.6 is 0 Å². The van der Waals surface area contributed by atoms with Crippen molar-refractivity contribution >= 4 is 5.97 Å². The summed E-state index contributed by atoms with van der Waals surface area (Å²) in [6.07, 6.45) is 1.66. The number of carboxylic acid groups (broad SMARTS) is 1. The van der Waals surface area contributed by atoms with Gasteiger partial charge in [0.2, 0.25) is 5.88 Å². The lowest BCUT2D eigenvalue weighted by Crippen LogP contribution is -2.00. The molecule has 3 rings (SSSR count). The Balaban J connectivity index is 1.78. The number of hydrogen-bond acceptors (Lipinski definition) is 4. The van der Waals surface area contributed by atoms with Gasteiger partial charge in [0.25, 0.3) is 0 Å². The van der Waals surface area contributed by atoms with Gasteiger partial charge in [-0.1, -0.05) is 30.3 Å². The molecule has 0 aliphatic carbocycles. The maximum Gasteiger partial charge on any atom is 0.335 e. The first-order valence-electron chi connectivity index (χ1n) is 8.30. The number of aromatic nitrogens is 1. The van der Waals surface area contributed by atoms with Crippen molar-refractivity contribution in [3.8, 4) is 22.8 Å². The van der Waals surface area contributed by atoms with Crippen molar-refractivity contribution < 1.29 is 19.4 Å². The quantitative estimate of drug-likeness (QED) is 0.683. The van der Waals surface area contributed by atoms with Crippen LogP contribution in [0, 0.1) is 0 Å². The number of hydrogen-bond donors (Lipinski definition) is 1. The molecule has 0 spiro atoms. The predicted molar refractivity (Wildman–Crippen MR) is 98.6 cm³/mol. The predicted octanol–water partition coefficient (Wildman–Crippen LogP) is 4.42. The number of ether oxygens (including phenoxy) is 2. The molecule has 0 radical (unpaired) electrons. The van der Waals surface area contributed by atoms with E-state index in [4.69, 9.17) is 9.47 Å². The fourth-order valence-electron chi connectivity index (χ4n) is 2.51. The first kappa shape index (κ1) is 17.5. The van der Waals surface area contributed by atoms with Crippen LogP contribution in [0.25, 0.3) is 11.1 Å². The molecule has 3 aromatic rings. The van der Waals surface area contributed by atoms with E-state index in [1.54, 1.807) is 24.4 Å². The van der Waals surface area contributed by atoms with Crippen LogP contribution in [0.4, 0.5) is 0 Å². The zero-order chi connectivity index (χ0) is 18.4. The van der Waals surface area contributed by atoms with Crippen molar-refractivity contribution in [3.63, 3.8) is 0 Å². The smallest absolute Gasteiger partial charge is 0.335 e. The van der Waals surface area contributed by atoms with Gasteiger partial charge in [0.15, 0.2) is 0 Å². The van der Waals surface area contributed by atoms with Crippen LogP contribution in [0.2, 0.25) is 0 Å². The van der Waals surface area contributed by atoms with Gasteiger partial charge in [0.1, 0.15) is 12.4 Å². The second-order valence-electron chi connectivity index (χ2n) is 5.64. The number of carboxylic acids is 1. The molecular formula is C21H19NO4. The Labute approximate surface area is 151 Å². The minimum Gasteiger partial charge on any atom is -0.494 e. The number of rotatable bonds is 7. The fourth-order valence-corrected chi connectivity index (χ4v) is 2.51. The summed E-state index contributed by atoms with van der Waals surface area (Å²) in [5, 5.41) is 9.28. The van der Waals surface area contributed by atoms with Gasteiger partial charge in [-0.05, 0) is 42.3 Å². The molecule has 0 unspecified atom stereocenters. The summed E-state index contributed by atoms with van der Waals surface area (Å²) in [4.78, 5) is 15.6. The molecule has 2 aromatic carbocycles. The SMILES string of the molecule is CCOc1cc(C(=O)O)cc(-c2ccc(OCc3ccccc3)nc2)c1. The number of carbonyl (C=O) groups is 1. The fraction of sp³-hybridized carbons (Fsp3) is 0.143. The third-order valence-corrected chi connectivity index (χ3v) is 3.76. The van der Waals surface area contributed by atoms with Crippen LogP contribution in [-0.2, 0) is 6.61 Å². The molecular weight excluding hydrogens is 330 g/mol. The molecule has 1 heterocycles. The molecule has 0 bridgehead atoms. The van der Waals surface area contributed by atoms with Gasteiger partial charge in [-0.25, -0.2) is 9.78 Å². The van der Waals surface area contributed by atoms with Crippen molar-refractivity contribution in [1.29, 1.82) is 0 Å². The van der Waals surface area contributed by atoms with Gasteiger partial charge in [0, 0.05) is 17.8 Å². The van der Waals surface area contributed by atoms with Crippen LogP contribution in [0.1, 0.15) is 22.8 Å². The molecule has 5 nitrogen and oxygen atoms in total. The topological polar surface area (TPSA) is 68.7 Å². The maximum atomic E-state index is 11.3. The van der Waals surface area contributed by atoms with E-state index in [2.05, 4.69) is 4.98 Å². The summed E-state index contributed by atoms with van der Waals surface area (Å²) in [6, 6.07) is 18.4. The van der Waals surface area contributed by atoms with Crippen molar-refractivity contribution in [2.75, 3.05) is 6.61 Å². The molecule has 0 amide bonds. The van der Waals surface area contributed by atoms with Crippen LogP contribution < -0.4 is 9.47 Å². The summed E-state index contributed by atoms with van der Waals surface area (Å²) in [5.41, 5.74) is 2.76. The average Bonchev–Trinajstić information content (AvgIpc) is 2.67. The normalized spacial score (nSPS) is 10.3. The summed E-state index contributed by atoms with van der Waals surface area (Å²) < 4.78 is 11.1. The van der Waals surface area contributed by atoms with E-state index in [-0.39, 0.29) is 5.56 Å². The zero-order valence-corrected chi connectivity index (χ0v) is 14.4. The Morgan fingerprint density at radius 2 is 1.81 bits per heavy atom. The molecule has 5 heteroatoms. The van der Waals surface area contributed by atoms with E-state index in [9.17, 15) is 9.90 Å². The Kier molecular flexibility index (Phi) is 5.49. The Morgan fingerprint density at radius 3 is 2.46 bits per heavy atom. The van der Waals surface area contributed by atoms with Gasteiger partial charge in [-0.2, -0.15) is 0 Å². The van der Waals surface area contributed by atoms with E-state index in [1.165, 1.54) is 6.07 Å². The van der Waals surface area contributed by atoms with Crippen molar-refractivity contribution in [1.82, 2.24) is 4.98 Å². The first-order chi connectivity index (χ1) is 12.7. The van der Waals surface area contributed by atoms with Crippen LogP contribution in [0.5, 0.6) is 11.6 Å². The Morgan fingerprint density at radius 1 is 1.00 bits per heavy atom. The van der Waals surface area contributed by atoms with E-state index in [1.807, 2.05) is 43.3 Å². The van der Waals surface area contributed by atoms with Gasteiger partial charge in [0.05, 0.1) is 12.2 Å². The first-order valence-corrected chi connectivity index (χ1v) is 8.30. The molecule has 1 aromatic heterocycles. The lowest BCUT2D eigenvalue weighted by atomic mass is 10.0. The summed E-state index contributed by atoms with van der Waals surface area (Å²) >= 11 is 0. The van der Waals surface area contributed by atoms with E-state index in [0.717, 1.165) is 16.7 Å². The second-order valence-corrected chi connectivity index (χ2v) is 5.64. The molecule has 26 heavy (non-hydrogen) atoms. The molecule has 132 valence electrons. The lowest BCUT2D eigenvalue weighted by molar-refractivity contribution is 0.0696. The monoisotopic (exact) mass is 349 g/mol. The number of nitrogens with zero attached hydrogens (tertiary/aromatic N) is 1. The number of benzene rings is 2. The third-order valence-electron chi connectivity index (χ3n) is 3.76. The second kappa shape index (κ2) is 8.16. The minimum atomic E-state index is -0.997. The Bertz CT molecular complexity index is 876. The largest absolute Gasteiger partial charge is 0.494 e. The number of aromatic carboxylic acids is 1. The summed E-state index contributed by atoms with van der Waals surface area (Å²) in [7, 11) is 0. The Hall–Kier alpha value is -3.34. The van der Waals surface area contributed by atoms with Crippen molar-refractivity contribution in [3.05, 3.63) is 78.0 Å². The highest BCUT2D eigenvalue weighted by atomic mass is 16.5. The van der Waals surface area contributed by atoms with E-state index in [0.29, 0.717) is 24.8 Å². The molecule has 0 fully saturated rings. The summed E-state index contributed by atoms with van der Waals surface area (Å²) in [5.74, 6) is 0.0346. The summed E-state index contributed by atoms with van der Waals surface area (Å²) in [6.45, 7) is 2.76. The maximum absolute atomic E-state index is 11.3. The third kappa shape index (κ3) is 4.39. The van der Waals surface area contributed by atoms with Crippen LogP contribution in [0.3, 0.4) is 0 Å².